The summed E-state index contributed by atoms with van der Waals surface area (Å²) in [5, 5.41) is 9.66. The Bertz CT molecular complexity index is 768. The van der Waals surface area contributed by atoms with Crippen LogP contribution in [0.2, 0.25) is 0 Å². The Morgan fingerprint density at radius 3 is 2.70 bits per heavy atom. The van der Waals surface area contributed by atoms with Crippen LogP contribution in [0.4, 0.5) is 0 Å². The van der Waals surface area contributed by atoms with Crippen LogP contribution in [0.15, 0.2) is 60.0 Å². The van der Waals surface area contributed by atoms with Crippen molar-refractivity contribution in [3.05, 3.63) is 71.1 Å². The van der Waals surface area contributed by atoms with Crippen LogP contribution in [0.25, 0.3) is 0 Å². The topological polar surface area (TPSA) is 81.8 Å². The van der Waals surface area contributed by atoms with Crippen LogP contribution < -0.4 is 10.5 Å². The number of ether oxygens (including phenoxy) is 2. The predicted molar refractivity (Wildman–Crippen MR) is 84.9 cm³/mol. The minimum Gasteiger partial charge on any atom is -0.508 e. The van der Waals surface area contributed by atoms with E-state index in [9.17, 15) is 9.90 Å². The Morgan fingerprint density at radius 2 is 2.00 bits per heavy atom. The second-order valence-electron chi connectivity index (χ2n) is 5.17. The highest BCUT2D eigenvalue weighted by Crippen LogP contribution is 2.43. The van der Waals surface area contributed by atoms with E-state index in [-0.39, 0.29) is 23.8 Å². The Morgan fingerprint density at radius 1 is 1.26 bits per heavy atom. The molecule has 0 unspecified atom stereocenters. The second kappa shape index (κ2) is 6.04. The highest BCUT2D eigenvalue weighted by Gasteiger charge is 2.35. The number of aromatic hydroxyl groups is 1. The van der Waals surface area contributed by atoms with Gasteiger partial charge in [-0.05, 0) is 18.6 Å². The molecule has 0 saturated carbocycles. The summed E-state index contributed by atoms with van der Waals surface area (Å²) in [5.74, 6) is -0.403. The molecule has 1 atom stereocenters. The van der Waals surface area contributed by atoms with Crippen LogP contribution in [-0.4, -0.2) is 17.7 Å². The molecular formula is C18H17NO4. The fraction of sp³-hybridized carbons (Fsp3) is 0.167. The van der Waals surface area contributed by atoms with Crippen molar-refractivity contribution >= 4 is 5.97 Å². The lowest BCUT2D eigenvalue weighted by Gasteiger charge is -2.28. The zero-order valence-electron chi connectivity index (χ0n) is 12.7. The average molecular weight is 311 g/mol. The number of rotatable bonds is 3. The molecule has 5 heteroatoms. The summed E-state index contributed by atoms with van der Waals surface area (Å²) in [4.78, 5) is 12.4. The molecule has 0 saturated heterocycles. The van der Waals surface area contributed by atoms with Gasteiger partial charge in [-0.15, -0.1) is 0 Å². The maximum absolute atomic E-state index is 12.4. The Kier molecular flexibility index (Phi) is 3.93. The first kappa shape index (κ1) is 15.0. The number of carbonyl (C=O) groups is 1. The minimum atomic E-state index is -0.502. The average Bonchev–Trinajstić information content (AvgIpc) is 2.54. The summed E-state index contributed by atoms with van der Waals surface area (Å²) in [7, 11) is 0. The number of carbonyl (C=O) groups excluding carboxylic acids is 1. The van der Waals surface area contributed by atoms with Crippen LogP contribution in [0.3, 0.4) is 0 Å². The Balaban J connectivity index is 2.18. The third kappa shape index (κ3) is 2.73. The van der Waals surface area contributed by atoms with Gasteiger partial charge in [-0.1, -0.05) is 36.4 Å². The van der Waals surface area contributed by atoms with Gasteiger partial charge in [0.25, 0.3) is 0 Å². The fourth-order valence-electron chi connectivity index (χ4n) is 2.74. The number of hydrogen-bond donors (Lipinski definition) is 2. The first-order valence-corrected chi connectivity index (χ1v) is 7.34. The van der Waals surface area contributed by atoms with Gasteiger partial charge in [0, 0.05) is 11.6 Å². The van der Waals surface area contributed by atoms with E-state index >= 15 is 0 Å². The first-order valence-electron chi connectivity index (χ1n) is 7.34. The minimum absolute atomic E-state index is 0.00426. The van der Waals surface area contributed by atoms with Crippen molar-refractivity contribution in [3.63, 3.8) is 0 Å². The summed E-state index contributed by atoms with van der Waals surface area (Å²) < 4.78 is 10.7. The number of hydrogen-bond acceptors (Lipinski definition) is 5. The molecule has 2 aromatic rings. The molecule has 3 N–H and O–H groups in total. The third-order valence-electron chi connectivity index (χ3n) is 3.71. The number of phenolic OH excluding ortho intramolecular Hbond substituents is 1. The van der Waals surface area contributed by atoms with E-state index < -0.39 is 11.9 Å². The van der Waals surface area contributed by atoms with Crippen molar-refractivity contribution in [2.24, 2.45) is 5.73 Å². The van der Waals surface area contributed by atoms with Gasteiger partial charge in [-0.3, -0.25) is 0 Å². The SMILES string of the molecule is CCOC(=O)C1=C(N)Oc2cc(O)ccc2[C@H]1c1ccccc1. The van der Waals surface area contributed by atoms with Gasteiger partial charge in [-0.25, -0.2) is 4.79 Å². The third-order valence-corrected chi connectivity index (χ3v) is 3.71. The van der Waals surface area contributed by atoms with Gasteiger partial charge >= 0.3 is 5.97 Å². The summed E-state index contributed by atoms with van der Waals surface area (Å²) >= 11 is 0. The summed E-state index contributed by atoms with van der Waals surface area (Å²) in [6.45, 7) is 1.99. The molecule has 1 aliphatic heterocycles. The molecule has 0 radical (unpaired) electrons. The van der Waals surface area contributed by atoms with Crippen molar-refractivity contribution in [2.45, 2.75) is 12.8 Å². The second-order valence-corrected chi connectivity index (χ2v) is 5.17. The maximum atomic E-state index is 12.4. The Labute approximate surface area is 134 Å². The lowest BCUT2D eigenvalue weighted by atomic mass is 9.83. The van der Waals surface area contributed by atoms with E-state index in [1.807, 2.05) is 30.3 Å². The lowest BCUT2D eigenvalue weighted by Crippen LogP contribution is -2.27. The molecule has 0 spiro atoms. The number of phenols is 1. The molecule has 0 aromatic heterocycles. The molecule has 3 rings (SSSR count). The van der Waals surface area contributed by atoms with Gasteiger partial charge in [0.15, 0.2) is 0 Å². The molecule has 0 amide bonds. The van der Waals surface area contributed by atoms with Gasteiger partial charge in [-0.2, -0.15) is 0 Å². The van der Waals surface area contributed by atoms with Crippen LogP contribution in [0.5, 0.6) is 11.5 Å². The van der Waals surface area contributed by atoms with E-state index in [0.717, 1.165) is 11.1 Å². The van der Waals surface area contributed by atoms with Crippen molar-refractivity contribution in [2.75, 3.05) is 6.61 Å². The van der Waals surface area contributed by atoms with Crippen LogP contribution in [0, 0.1) is 0 Å². The summed E-state index contributed by atoms with van der Waals surface area (Å²) in [5.41, 5.74) is 7.90. The molecule has 1 heterocycles. The molecule has 118 valence electrons. The number of nitrogens with two attached hydrogens (primary N) is 1. The molecule has 23 heavy (non-hydrogen) atoms. The molecular weight excluding hydrogens is 294 g/mol. The number of esters is 1. The van der Waals surface area contributed by atoms with E-state index in [0.29, 0.717) is 5.75 Å². The van der Waals surface area contributed by atoms with Gasteiger partial charge in [0.1, 0.15) is 17.1 Å². The van der Waals surface area contributed by atoms with E-state index in [2.05, 4.69) is 0 Å². The number of benzene rings is 2. The predicted octanol–water partition coefficient (Wildman–Crippen LogP) is 2.65. The summed E-state index contributed by atoms with van der Waals surface area (Å²) in [6.07, 6.45) is 0. The molecule has 5 nitrogen and oxygen atoms in total. The fourth-order valence-corrected chi connectivity index (χ4v) is 2.74. The van der Waals surface area contributed by atoms with Crippen LogP contribution >= 0.6 is 0 Å². The van der Waals surface area contributed by atoms with E-state index in [1.165, 1.54) is 6.07 Å². The zero-order chi connectivity index (χ0) is 16.4. The smallest absolute Gasteiger partial charge is 0.340 e. The normalized spacial score (nSPS) is 16.5. The molecule has 2 aromatic carbocycles. The maximum Gasteiger partial charge on any atom is 0.340 e. The van der Waals surface area contributed by atoms with Crippen LogP contribution in [0.1, 0.15) is 24.0 Å². The van der Waals surface area contributed by atoms with E-state index in [1.54, 1.807) is 19.1 Å². The van der Waals surface area contributed by atoms with E-state index in [4.69, 9.17) is 15.2 Å². The summed E-state index contributed by atoms with van der Waals surface area (Å²) in [6, 6.07) is 14.3. The number of fused-ring (bicyclic) bond motifs is 1. The van der Waals surface area contributed by atoms with Crippen molar-refractivity contribution < 1.29 is 19.4 Å². The van der Waals surface area contributed by atoms with Crippen molar-refractivity contribution in [3.8, 4) is 11.5 Å². The first-order chi connectivity index (χ1) is 11.1. The van der Waals surface area contributed by atoms with Gasteiger partial charge < -0.3 is 20.3 Å². The van der Waals surface area contributed by atoms with Gasteiger partial charge in [0.2, 0.25) is 5.88 Å². The van der Waals surface area contributed by atoms with Crippen LogP contribution in [-0.2, 0) is 9.53 Å². The Hall–Kier alpha value is -2.95. The molecule has 0 bridgehead atoms. The molecule has 0 aliphatic carbocycles. The standard InChI is InChI=1S/C18H17NO4/c1-2-22-18(21)16-15(11-6-4-3-5-7-11)13-9-8-12(20)10-14(13)23-17(16)19/h3-10,15,20H,2,19H2,1H3/t15-/m1/s1. The monoisotopic (exact) mass is 311 g/mol. The largest absolute Gasteiger partial charge is 0.508 e. The quantitative estimate of drug-likeness (QED) is 0.852. The highest BCUT2D eigenvalue weighted by molar-refractivity contribution is 5.92. The zero-order valence-corrected chi connectivity index (χ0v) is 12.7. The van der Waals surface area contributed by atoms with Gasteiger partial charge in [0.05, 0.1) is 12.5 Å². The lowest BCUT2D eigenvalue weighted by molar-refractivity contribution is -0.139. The van der Waals surface area contributed by atoms with Crippen molar-refractivity contribution in [1.82, 2.24) is 0 Å². The highest BCUT2D eigenvalue weighted by atomic mass is 16.5. The molecule has 1 aliphatic rings. The molecule has 0 fully saturated rings. The van der Waals surface area contributed by atoms with Crippen molar-refractivity contribution in [1.29, 1.82) is 0 Å².